The van der Waals surface area contributed by atoms with Crippen molar-refractivity contribution in [2.75, 3.05) is 13.8 Å². The standard InChI is InChI=1S/C13H17NO3/c1-14-10-3-2-4-11(10)17-9-5-6-12-13(7-9)16-8-15-12/h5-7,10-11,14H,2-4,8H2,1H3. The topological polar surface area (TPSA) is 39.7 Å². The van der Waals surface area contributed by atoms with E-state index in [0.29, 0.717) is 12.8 Å². The normalized spacial score (nSPS) is 26.2. The second kappa shape index (κ2) is 4.45. The fourth-order valence-corrected chi connectivity index (χ4v) is 2.52. The van der Waals surface area contributed by atoms with Gasteiger partial charge in [0.15, 0.2) is 11.5 Å². The van der Waals surface area contributed by atoms with Gasteiger partial charge in [-0.3, -0.25) is 0 Å². The van der Waals surface area contributed by atoms with Gasteiger partial charge in [-0.1, -0.05) is 0 Å². The van der Waals surface area contributed by atoms with Crippen molar-refractivity contribution in [1.29, 1.82) is 0 Å². The van der Waals surface area contributed by atoms with E-state index in [4.69, 9.17) is 14.2 Å². The second-order valence-electron chi connectivity index (χ2n) is 4.50. The average Bonchev–Trinajstić information content (AvgIpc) is 2.96. The van der Waals surface area contributed by atoms with Gasteiger partial charge in [0.05, 0.1) is 0 Å². The third kappa shape index (κ3) is 2.05. The summed E-state index contributed by atoms with van der Waals surface area (Å²) in [6.07, 6.45) is 3.78. The van der Waals surface area contributed by atoms with E-state index in [-0.39, 0.29) is 6.10 Å². The number of rotatable bonds is 3. The Morgan fingerprint density at radius 3 is 3.00 bits per heavy atom. The number of ether oxygens (including phenoxy) is 3. The van der Waals surface area contributed by atoms with Gasteiger partial charge < -0.3 is 19.5 Å². The maximum atomic E-state index is 6.01. The van der Waals surface area contributed by atoms with E-state index in [0.717, 1.165) is 23.7 Å². The van der Waals surface area contributed by atoms with Crippen LogP contribution in [0.25, 0.3) is 0 Å². The highest BCUT2D eigenvalue weighted by molar-refractivity contribution is 5.46. The Morgan fingerprint density at radius 1 is 1.24 bits per heavy atom. The molecule has 0 spiro atoms. The van der Waals surface area contributed by atoms with Gasteiger partial charge in [-0.2, -0.15) is 0 Å². The Hall–Kier alpha value is -1.42. The molecule has 3 rings (SSSR count). The van der Waals surface area contributed by atoms with Crippen molar-refractivity contribution in [1.82, 2.24) is 5.32 Å². The zero-order valence-electron chi connectivity index (χ0n) is 9.94. The van der Waals surface area contributed by atoms with E-state index in [1.807, 2.05) is 25.2 Å². The van der Waals surface area contributed by atoms with Crippen LogP contribution in [0.3, 0.4) is 0 Å². The summed E-state index contributed by atoms with van der Waals surface area (Å²) in [5.41, 5.74) is 0. The molecule has 0 bridgehead atoms. The van der Waals surface area contributed by atoms with Crippen molar-refractivity contribution >= 4 is 0 Å². The molecule has 0 amide bonds. The van der Waals surface area contributed by atoms with Crippen molar-refractivity contribution in [3.63, 3.8) is 0 Å². The molecule has 1 fully saturated rings. The van der Waals surface area contributed by atoms with Crippen molar-refractivity contribution in [3.8, 4) is 17.2 Å². The summed E-state index contributed by atoms with van der Waals surface area (Å²) in [6.45, 7) is 0.307. The molecule has 92 valence electrons. The Morgan fingerprint density at radius 2 is 2.12 bits per heavy atom. The van der Waals surface area contributed by atoms with Crippen molar-refractivity contribution in [3.05, 3.63) is 18.2 Å². The zero-order valence-corrected chi connectivity index (χ0v) is 9.94. The Labute approximate surface area is 101 Å². The van der Waals surface area contributed by atoms with Crippen LogP contribution in [0.5, 0.6) is 17.2 Å². The van der Waals surface area contributed by atoms with Crippen LogP contribution in [0.2, 0.25) is 0 Å². The molecule has 0 saturated heterocycles. The predicted molar refractivity (Wildman–Crippen MR) is 63.7 cm³/mol. The predicted octanol–water partition coefficient (Wildman–Crippen LogP) is 1.93. The Kier molecular flexibility index (Phi) is 2.81. The lowest BCUT2D eigenvalue weighted by Crippen LogP contribution is -2.36. The highest BCUT2D eigenvalue weighted by atomic mass is 16.7. The molecule has 1 aliphatic carbocycles. The van der Waals surface area contributed by atoms with Gasteiger partial charge in [0.2, 0.25) is 6.79 Å². The summed E-state index contributed by atoms with van der Waals surface area (Å²) >= 11 is 0. The molecule has 4 heteroatoms. The quantitative estimate of drug-likeness (QED) is 0.869. The second-order valence-corrected chi connectivity index (χ2v) is 4.50. The molecule has 1 aromatic carbocycles. The third-order valence-corrected chi connectivity index (χ3v) is 3.45. The number of nitrogens with one attached hydrogen (secondary N) is 1. The van der Waals surface area contributed by atoms with Crippen LogP contribution in [0, 0.1) is 0 Å². The van der Waals surface area contributed by atoms with Crippen molar-refractivity contribution in [2.24, 2.45) is 0 Å². The molecule has 2 unspecified atom stereocenters. The summed E-state index contributed by atoms with van der Waals surface area (Å²) in [7, 11) is 1.99. The van der Waals surface area contributed by atoms with Gasteiger partial charge in [-0.15, -0.1) is 0 Å². The summed E-state index contributed by atoms with van der Waals surface area (Å²) < 4.78 is 16.6. The molecule has 1 aliphatic heterocycles. The van der Waals surface area contributed by atoms with Crippen LogP contribution in [-0.4, -0.2) is 26.0 Å². The van der Waals surface area contributed by atoms with E-state index in [2.05, 4.69) is 5.32 Å². The van der Waals surface area contributed by atoms with E-state index < -0.39 is 0 Å². The van der Waals surface area contributed by atoms with Crippen LogP contribution in [0.1, 0.15) is 19.3 Å². The highest BCUT2D eigenvalue weighted by Crippen LogP contribution is 2.36. The Bertz CT molecular complexity index is 408. The first-order chi connectivity index (χ1) is 8.36. The van der Waals surface area contributed by atoms with Crippen molar-refractivity contribution in [2.45, 2.75) is 31.4 Å². The van der Waals surface area contributed by atoms with Gasteiger partial charge in [-0.25, -0.2) is 0 Å². The van der Waals surface area contributed by atoms with Crippen LogP contribution in [0.15, 0.2) is 18.2 Å². The third-order valence-electron chi connectivity index (χ3n) is 3.45. The molecule has 2 atom stereocenters. The molecule has 1 N–H and O–H groups in total. The monoisotopic (exact) mass is 235 g/mol. The lowest BCUT2D eigenvalue weighted by atomic mass is 10.2. The maximum Gasteiger partial charge on any atom is 0.231 e. The molecular weight excluding hydrogens is 218 g/mol. The van der Waals surface area contributed by atoms with Gasteiger partial charge in [-0.05, 0) is 38.4 Å². The number of fused-ring (bicyclic) bond motifs is 1. The zero-order chi connectivity index (χ0) is 11.7. The summed E-state index contributed by atoms with van der Waals surface area (Å²) in [5.74, 6) is 2.44. The first-order valence-corrected chi connectivity index (χ1v) is 6.10. The highest BCUT2D eigenvalue weighted by Gasteiger charge is 2.28. The van der Waals surface area contributed by atoms with E-state index in [1.54, 1.807) is 0 Å². The first kappa shape index (κ1) is 10.7. The smallest absolute Gasteiger partial charge is 0.231 e. The fourth-order valence-electron chi connectivity index (χ4n) is 2.52. The summed E-state index contributed by atoms with van der Waals surface area (Å²) in [4.78, 5) is 0. The minimum Gasteiger partial charge on any atom is -0.489 e. The molecule has 1 saturated carbocycles. The largest absolute Gasteiger partial charge is 0.489 e. The number of likely N-dealkylation sites (N-methyl/N-ethyl adjacent to an activating group) is 1. The minimum absolute atomic E-state index is 0.264. The molecule has 0 radical (unpaired) electrons. The summed E-state index contributed by atoms with van der Waals surface area (Å²) in [6, 6.07) is 6.22. The molecule has 2 aliphatic rings. The van der Waals surface area contributed by atoms with Gasteiger partial charge in [0.25, 0.3) is 0 Å². The van der Waals surface area contributed by atoms with Gasteiger partial charge in [0.1, 0.15) is 11.9 Å². The molecule has 1 aromatic rings. The average molecular weight is 235 g/mol. The van der Waals surface area contributed by atoms with E-state index >= 15 is 0 Å². The SMILES string of the molecule is CNC1CCCC1Oc1ccc2c(c1)OCO2. The molecule has 1 heterocycles. The summed E-state index contributed by atoms with van der Waals surface area (Å²) in [5, 5.41) is 3.31. The fraction of sp³-hybridized carbons (Fsp3) is 0.538. The van der Waals surface area contributed by atoms with Crippen molar-refractivity contribution < 1.29 is 14.2 Å². The number of hydrogen-bond donors (Lipinski definition) is 1. The van der Waals surface area contributed by atoms with Crippen LogP contribution >= 0.6 is 0 Å². The molecule has 0 aromatic heterocycles. The lowest BCUT2D eigenvalue weighted by Gasteiger charge is -2.20. The van der Waals surface area contributed by atoms with E-state index in [1.165, 1.54) is 12.8 Å². The first-order valence-electron chi connectivity index (χ1n) is 6.10. The van der Waals surface area contributed by atoms with E-state index in [9.17, 15) is 0 Å². The van der Waals surface area contributed by atoms with Gasteiger partial charge in [0, 0.05) is 12.1 Å². The van der Waals surface area contributed by atoms with Crippen LogP contribution in [-0.2, 0) is 0 Å². The van der Waals surface area contributed by atoms with Crippen LogP contribution < -0.4 is 19.5 Å². The molecule has 4 nitrogen and oxygen atoms in total. The van der Waals surface area contributed by atoms with Gasteiger partial charge >= 0.3 is 0 Å². The number of benzene rings is 1. The maximum absolute atomic E-state index is 6.01. The lowest BCUT2D eigenvalue weighted by molar-refractivity contribution is 0.171. The number of hydrogen-bond acceptors (Lipinski definition) is 4. The molecule has 17 heavy (non-hydrogen) atoms. The van der Waals surface area contributed by atoms with Crippen LogP contribution in [0.4, 0.5) is 0 Å². The molecular formula is C13H17NO3. The minimum atomic E-state index is 0.264. The Balaban J connectivity index is 1.72.